The monoisotopic (exact) mass is 436 g/mol. The standard InChI is InChI=1S/C24H26N4O4/c1-15-18-14-28(11-13-32-12-9-26-24(30)25-2)10-8-16(18)21(23(29)31-3)22-20(15)17-6-4-5-7-19(17)27-22/h4-8,10,14H,9,11-13H2,1-3H3,(H2,25,26,30)/p+2. The molecule has 0 bridgehead atoms. The van der Waals surface area contributed by atoms with Crippen LogP contribution in [0.25, 0.3) is 32.6 Å². The maximum Gasteiger partial charge on any atom is 0.439 e. The molecule has 0 aliphatic carbocycles. The number of para-hydroxylation sites is 1. The maximum absolute atomic E-state index is 12.8. The van der Waals surface area contributed by atoms with Crippen LogP contribution in [-0.2, 0) is 16.0 Å². The van der Waals surface area contributed by atoms with Gasteiger partial charge in [-0.25, -0.2) is 19.7 Å². The summed E-state index contributed by atoms with van der Waals surface area (Å²) in [5, 5.41) is 16.1. The van der Waals surface area contributed by atoms with Gasteiger partial charge in [-0.3, -0.25) is 0 Å². The summed E-state index contributed by atoms with van der Waals surface area (Å²) in [5.74, 6) is -0.359. The third kappa shape index (κ3) is 3.97. The Labute approximate surface area is 185 Å². The molecule has 0 saturated heterocycles. The van der Waals surface area contributed by atoms with E-state index in [2.05, 4.69) is 39.0 Å². The van der Waals surface area contributed by atoms with Crippen LogP contribution in [0, 0.1) is 6.92 Å². The number of aromatic nitrogens is 2. The van der Waals surface area contributed by atoms with Gasteiger partial charge in [0.05, 0.1) is 37.2 Å². The number of esters is 1. The Kier molecular flexibility index (Phi) is 6.23. The summed E-state index contributed by atoms with van der Waals surface area (Å²) in [6.45, 7) is 4.26. The number of amidine groups is 1. The first kappa shape index (κ1) is 21.6. The Hall–Kier alpha value is -3.65. The second-order valence-electron chi connectivity index (χ2n) is 7.56. The van der Waals surface area contributed by atoms with Gasteiger partial charge in [0.1, 0.15) is 13.2 Å². The molecule has 0 unspecified atom stereocenters. The number of hydrogen-bond acceptors (Lipinski definition) is 3. The predicted molar refractivity (Wildman–Crippen MR) is 123 cm³/mol. The van der Waals surface area contributed by atoms with E-state index in [0.29, 0.717) is 31.9 Å². The van der Waals surface area contributed by atoms with Crippen LogP contribution in [0.5, 0.6) is 0 Å². The fraction of sp³-hybridized carbons (Fsp3) is 0.292. The second kappa shape index (κ2) is 9.23. The highest BCUT2D eigenvalue weighted by atomic mass is 16.5. The van der Waals surface area contributed by atoms with Crippen LogP contribution in [0.15, 0.2) is 42.7 Å². The fourth-order valence-corrected chi connectivity index (χ4v) is 4.10. The predicted octanol–water partition coefficient (Wildman–Crippen LogP) is 1.09. The van der Waals surface area contributed by atoms with Crippen LogP contribution < -0.4 is 14.9 Å². The third-order valence-electron chi connectivity index (χ3n) is 5.68. The Morgan fingerprint density at radius 1 is 1.19 bits per heavy atom. The Morgan fingerprint density at radius 3 is 2.78 bits per heavy atom. The molecule has 2 aromatic heterocycles. The van der Waals surface area contributed by atoms with Crippen LogP contribution >= 0.6 is 0 Å². The van der Waals surface area contributed by atoms with Crippen LogP contribution in [0.2, 0.25) is 0 Å². The number of rotatable bonds is 7. The smallest absolute Gasteiger partial charge is 0.439 e. The lowest BCUT2D eigenvalue weighted by atomic mass is 9.96. The molecule has 4 rings (SSSR count). The maximum atomic E-state index is 12.8. The van der Waals surface area contributed by atoms with Gasteiger partial charge in [-0.05, 0) is 18.6 Å². The minimum atomic E-state index is -0.359. The van der Waals surface area contributed by atoms with Gasteiger partial charge in [0.2, 0.25) is 0 Å². The molecular weight excluding hydrogens is 408 g/mol. The Balaban J connectivity index is 1.68. The average molecular weight is 437 g/mol. The summed E-state index contributed by atoms with van der Waals surface area (Å²) < 4.78 is 12.8. The van der Waals surface area contributed by atoms with E-state index >= 15 is 0 Å². The van der Waals surface area contributed by atoms with E-state index < -0.39 is 0 Å². The molecule has 0 aliphatic rings. The minimum absolute atomic E-state index is 0.0259. The minimum Gasteiger partial charge on any atom is -0.465 e. The van der Waals surface area contributed by atoms with Crippen molar-refractivity contribution in [2.24, 2.45) is 0 Å². The second-order valence-corrected chi connectivity index (χ2v) is 7.56. The normalized spacial score (nSPS) is 12.0. The fourth-order valence-electron chi connectivity index (χ4n) is 4.10. The number of aliphatic hydroxyl groups excluding tert-OH is 1. The van der Waals surface area contributed by atoms with E-state index in [1.54, 1.807) is 7.05 Å². The average Bonchev–Trinajstić information content (AvgIpc) is 3.20. The first-order chi connectivity index (χ1) is 15.5. The SMILES string of the molecule is C[NH+]=C(O)NCCOCC[n+]1ccc2c(C(=O)OC)c3[nH]c4ccccc4c3c(C)c2c1. The van der Waals surface area contributed by atoms with Crippen molar-refractivity contribution < 1.29 is 28.9 Å². The lowest BCUT2D eigenvalue weighted by Gasteiger charge is -2.10. The highest BCUT2D eigenvalue weighted by Crippen LogP contribution is 2.36. The molecule has 0 radical (unpaired) electrons. The number of aromatic amines is 1. The Morgan fingerprint density at radius 2 is 2.00 bits per heavy atom. The molecular formula is C24H28N4O4+2. The van der Waals surface area contributed by atoms with Crippen LogP contribution in [-0.4, -0.2) is 56.0 Å². The van der Waals surface area contributed by atoms with Crippen molar-refractivity contribution in [1.82, 2.24) is 10.3 Å². The number of pyridine rings is 1. The molecule has 0 saturated carbocycles. The molecule has 2 aromatic carbocycles. The molecule has 2 heterocycles. The summed E-state index contributed by atoms with van der Waals surface area (Å²) >= 11 is 0. The number of nitrogens with zero attached hydrogens (tertiary/aromatic N) is 1. The number of methoxy groups -OCH3 is 1. The van der Waals surface area contributed by atoms with Gasteiger partial charge in [-0.15, -0.1) is 0 Å². The van der Waals surface area contributed by atoms with Gasteiger partial charge in [-0.1, -0.05) is 18.2 Å². The topological polar surface area (TPSA) is 101 Å². The summed E-state index contributed by atoms with van der Waals surface area (Å²) in [5.41, 5.74) is 3.45. The number of aliphatic hydroxyl groups is 1. The molecule has 8 heteroatoms. The van der Waals surface area contributed by atoms with Crippen LogP contribution in [0.4, 0.5) is 0 Å². The van der Waals surface area contributed by atoms with E-state index in [9.17, 15) is 9.90 Å². The number of fused-ring (bicyclic) bond motifs is 4. The number of H-pyrrole nitrogens is 1. The zero-order valence-electron chi connectivity index (χ0n) is 18.5. The van der Waals surface area contributed by atoms with Crippen molar-refractivity contribution in [1.29, 1.82) is 0 Å². The van der Waals surface area contributed by atoms with Crippen molar-refractivity contribution in [3.63, 3.8) is 0 Å². The largest absolute Gasteiger partial charge is 0.465 e. The number of hydrogen-bond donors (Lipinski definition) is 4. The number of nitrogens with one attached hydrogen (secondary N) is 3. The van der Waals surface area contributed by atoms with Crippen molar-refractivity contribution in [2.45, 2.75) is 13.5 Å². The van der Waals surface area contributed by atoms with Crippen LogP contribution in [0.1, 0.15) is 15.9 Å². The summed E-state index contributed by atoms with van der Waals surface area (Å²) in [6, 6.07) is 10.0. The van der Waals surface area contributed by atoms with E-state index in [1.807, 2.05) is 30.5 Å². The summed E-state index contributed by atoms with van der Waals surface area (Å²) in [4.78, 5) is 18.8. The van der Waals surface area contributed by atoms with Gasteiger partial charge in [0.15, 0.2) is 18.9 Å². The summed E-state index contributed by atoms with van der Waals surface area (Å²) in [7, 11) is 3.04. The molecule has 0 spiro atoms. The molecule has 4 N–H and O–H groups in total. The van der Waals surface area contributed by atoms with E-state index in [-0.39, 0.29) is 12.0 Å². The van der Waals surface area contributed by atoms with Gasteiger partial charge in [-0.2, -0.15) is 0 Å². The molecule has 4 aromatic rings. The number of ether oxygens (including phenoxy) is 2. The van der Waals surface area contributed by atoms with Crippen molar-refractivity contribution >= 4 is 44.6 Å². The Bertz CT molecular complexity index is 1330. The number of carbonyl (C=O) groups excluding carboxylic acids is 1. The van der Waals surface area contributed by atoms with Gasteiger partial charge in [0, 0.05) is 27.7 Å². The molecule has 0 atom stereocenters. The van der Waals surface area contributed by atoms with E-state index in [4.69, 9.17) is 9.47 Å². The zero-order chi connectivity index (χ0) is 22.7. The zero-order valence-corrected chi connectivity index (χ0v) is 18.5. The highest BCUT2D eigenvalue weighted by Gasteiger charge is 2.23. The van der Waals surface area contributed by atoms with Gasteiger partial charge < -0.3 is 19.6 Å². The first-order valence-electron chi connectivity index (χ1n) is 10.5. The molecule has 0 aliphatic heterocycles. The molecule has 0 amide bonds. The van der Waals surface area contributed by atoms with Gasteiger partial charge >= 0.3 is 12.0 Å². The summed E-state index contributed by atoms with van der Waals surface area (Å²) in [6.07, 6.45) is 4.01. The lowest BCUT2D eigenvalue weighted by molar-refractivity contribution is -0.697. The molecule has 166 valence electrons. The highest BCUT2D eigenvalue weighted by molar-refractivity contribution is 6.23. The molecule has 0 fully saturated rings. The van der Waals surface area contributed by atoms with Crippen molar-refractivity contribution in [3.05, 3.63) is 53.9 Å². The van der Waals surface area contributed by atoms with E-state index in [1.165, 1.54) is 7.11 Å². The lowest BCUT2D eigenvalue weighted by Crippen LogP contribution is -2.71. The van der Waals surface area contributed by atoms with Crippen molar-refractivity contribution in [2.75, 3.05) is 33.9 Å². The molecule has 32 heavy (non-hydrogen) atoms. The number of aryl methyl sites for hydroxylation is 1. The third-order valence-corrected chi connectivity index (χ3v) is 5.68. The number of benzene rings is 2. The van der Waals surface area contributed by atoms with Crippen molar-refractivity contribution in [3.8, 4) is 0 Å². The van der Waals surface area contributed by atoms with Crippen LogP contribution in [0.3, 0.4) is 0 Å². The number of carbonyl (C=O) groups is 1. The quantitative estimate of drug-likeness (QED) is 0.114. The molecule has 8 nitrogen and oxygen atoms in total. The first-order valence-corrected chi connectivity index (χ1v) is 10.5. The van der Waals surface area contributed by atoms with Gasteiger partial charge in [0.25, 0.3) is 0 Å². The van der Waals surface area contributed by atoms with E-state index in [0.717, 1.165) is 38.1 Å².